The van der Waals surface area contributed by atoms with E-state index in [0.29, 0.717) is 0 Å². The number of hydrogen-bond acceptors (Lipinski definition) is 4. The van der Waals surface area contributed by atoms with Crippen LogP contribution in [0.2, 0.25) is 0 Å². The van der Waals surface area contributed by atoms with E-state index in [1.54, 1.807) is 11.3 Å². The van der Waals surface area contributed by atoms with Crippen molar-refractivity contribution in [2.75, 3.05) is 44.8 Å². The molecule has 0 aliphatic carbocycles. The first kappa shape index (κ1) is 23.0. The molecular weight excluding hydrogens is 483 g/mol. The summed E-state index contributed by atoms with van der Waals surface area (Å²) in [6.45, 7) is 9.56. The highest BCUT2D eigenvalue weighted by Crippen LogP contribution is 2.26. The Morgan fingerprint density at radius 3 is 2.57 bits per heavy atom. The number of morpholine rings is 1. The predicted octanol–water partition coefficient (Wildman–Crippen LogP) is 3.85. The maximum Gasteiger partial charge on any atom is 0.191 e. The number of guanidine groups is 1. The van der Waals surface area contributed by atoms with Gasteiger partial charge in [0.2, 0.25) is 0 Å². The molecule has 1 aliphatic rings. The van der Waals surface area contributed by atoms with Crippen LogP contribution in [0.25, 0.3) is 0 Å². The quantitative estimate of drug-likeness (QED) is 0.350. The van der Waals surface area contributed by atoms with Crippen LogP contribution < -0.4 is 15.5 Å². The molecule has 0 saturated carbocycles. The molecule has 0 bridgehead atoms. The van der Waals surface area contributed by atoms with Gasteiger partial charge in [0.15, 0.2) is 5.96 Å². The van der Waals surface area contributed by atoms with E-state index in [2.05, 4.69) is 76.2 Å². The van der Waals surface area contributed by atoms with E-state index in [-0.39, 0.29) is 29.4 Å². The first-order valence-electron chi connectivity index (χ1n) is 9.49. The second kappa shape index (κ2) is 11.0. The molecule has 0 unspecified atom stereocenters. The number of aliphatic imine (C=N–C) groups is 1. The van der Waals surface area contributed by atoms with Gasteiger partial charge >= 0.3 is 0 Å². The number of halogens is 1. The lowest BCUT2D eigenvalue weighted by molar-refractivity contribution is 0.122. The summed E-state index contributed by atoms with van der Waals surface area (Å²) < 4.78 is 5.49. The fourth-order valence-electron chi connectivity index (χ4n) is 3.23. The Kier molecular flexibility index (Phi) is 9.04. The molecule has 28 heavy (non-hydrogen) atoms. The van der Waals surface area contributed by atoms with Crippen LogP contribution in [0.1, 0.15) is 24.3 Å². The van der Waals surface area contributed by atoms with Crippen molar-refractivity contribution < 1.29 is 4.74 Å². The van der Waals surface area contributed by atoms with Gasteiger partial charge in [0.25, 0.3) is 0 Å². The minimum absolute atomic E-state index is 0. The van der Waals surface area contributed by atoms with E-state index >= 15 is 0 Å². The minimum atomic E-state index is 0. The molecule has 0 amide bonds. The number of thiophene rings is 1. The Morgan fingerprint density at radius 2 is 1.89 bits per heavy atom. The topological polar surface area (TPSA) is 48.9 Å². The number of hydrogen-bond donors (Lipinski definition) is 2. The molecule has 1 aliphatic heterocycles. The largest absolute Gasteiger partial charge is 0.378 e. The zero-order valence-corrected chi connectivity index (χ0v) is 20.1. The van der Waals surface area contributed by atoms with Gasteiger partial charge in [-0.05, 0) is 23.1 Å². The summed E-state index contributed by atoms with van der Waals surface area (Å²) in [6.07, 6.45) is 0. The number of para-hydroxylation sites is 1. The molecule has 3 rings (SSSR count). The van der Waals surface area contributed by atoms with Gasteiger partial charge < -0.3 is 20.3 Å². The maximum absolute atomic E-state index is 5.49. The first-order valence-corrected chi connectivity index (χ1v) is 10.4. The van der Waals surface area contributed by atoms with Crippen LogP contribution in [0.5, 0.6) is 0 Å². The fraction of sp³-hybridized carbons (Fsp3) is 0.476. The van der Waals surface area contributed by atoms with Gasteiger partial charge in [0.1, 0.15) is 0 Å². The minimum Gasteiger partial charge on any atom is -0.378 e. The number of benzene rings is 1. The van der Waals surface area contributed by atoms with E-state index in [1.165, 1.54) is 16.1 Å². The third kappa shape index (κ3) is 6.09. The Morgan fingerprint density at radius 1 is 1.14 bits per heavy atom. The summed E-state index contributed by atoms with van der Waals surface area (Å²) >= 11 is 1.80. The molecule has 154 valence electrons. The predicted molar refractivity (Wildman–Crippen MR) is 130 cm³/mol. The van der Waals surface area contributed by atoms with E-state index in [4.69, 9.17) is 4.74 Å². The molecule has 0 spiro atoms. The van der Waals surface area contributed by atoms with Gasteiger partial charge in [-0.1, -0.05) is 38.1 Å². The van der Waals surface area contributed by atoms with Gasteiger partial charge in [-0.15, -0.1) is 35.3 Å². The number of nitrogens with zero attached hydrogens (tertiary/aromatic N) is 2. The Labute approximate surface area is 189 Å². The molecule has 1 fully saturated rings. The monoisotopic (exact) mass is 514 g/mol. The Balaban J connectivity index is 0.00000280. The lowest BCUT2D eigenvalue weighted by Gasteiger charge is -2.31. The first-order chi connectivity index (χ1) is 13.1. The second-order valence-corrected chi connectivity index (χ2v) is 8.32. The molecule has 2 N–H and O–H groups in total. The van der Waals surface area contributed by atoms with Crippen LogP contribution in [0.15, 0.2) is 46.8 Å². The summed E-state index contributed by atoms with van der Waals surface area (Å²) in [4.78, 5) is 8.17. The fourth-order valence-corrected chi connectivity index (χ4v) is 4.08. The number of ether oxygens (including phenoxy) is 1. The molecule has 1 saturated heterocycles. The van der Waals surface area contributed by atoms with Gasteiger partial charge in [0, 0.05) is 49.2 Å². The number of anilines is 1. The van der Waals surface area contributed by atoms with Gasteiger partial charge in [0.05, 0.1) is 13.2 Å². The summed E-state index contributed by atoms with van der Waals surface area (Å²) in [7, 11) is 1.82. The zero-order chi connectivity index (χ0) is 19.1. The number of rotatable bonds is 6. The van der Waals surface area contributed by atoms with Gasteiger partial charge in [-0.2, -0.15) is 0 Å². The van der Waals surface area contributed by atoms with Crippen LogP contribution in [-0.4, -0.2) is 45.9 Å². The van der Waals surface area contributed by atoms with Crippen molar-refractivity contribution in [3.8, 4) is 0 Å². The molecule has 7 heteroatoms. The molecule has 1 aromatic heterocycles. The molecular formula is C21H31IN4OS. The van der Waals surface area contributed by atoms with Crippen molar-refractivity contribution in [2.24, 2.45) is 4.99 Å². The zero-order valence-electron chi connectivity index (χ0n) is 16.9. The van der Waals surface area contributed by atoms with Crippen molar-refractivity contribution >= 4 is 47.0 Å². The molecule has 2 heterocycles. The van der Waals surface area contributed by atoms with Crippen molar-refractivity contribution in [2.45, 2.75) is 25.8 Å². The highest BCUT2D eigenvalue weighted by Gasteiger charge is 2.22. The molecule has 5 nitrogen and oxygen atoms in total. The number of nitrogens with one attached hydrogen (secondary N) is 2. The smallest absolute Gasteiger partial charge is 0.191 e. The Bertz CT molecular complexity index is 743. The average Bonchev–Trinajstić information content (AvgIpc) is 3.25. The van der Waals surface area contributed by atoms with E-state index in [1.807, 2.05) is 7.05 Å². The maximum atomic E-state index is 5.49. The lowest BCUT2D eigenvalue weighted by atomic mass is 9.91. The van der Waals surface area contributed by atoms with Crippen molar-refractivity contribution in [3.05, 3.63) is 52.2 Å². The van der Waals surface area contributed by atoms with Crippen LogP contribution in [0.4, 0.5) is 5.69 Å². The molecule has 0 atom stereocenters. The highest BCUT2D eigenvalue weighted by atomic mass is 127. The summed E-state index contributed by atoms with van der Waals surface area (Å²) in [5.41, 5.74) is 2.62. The second-order valence-electron chi connectivity index (χ2n) is 7.37. The van der Waals surface area contributed by atoms with Gasteiger partial charge in [-0.3, -0.25) is 4.99 Å². The van der Waals surface area contributed by atoms with E-state index in [0.717, 1.165) is 45.4 Å². The third-order valence-corrected chi connectivity index (χ3v) is 6.14. The van der Waals surface area contributed by atoms with Crippen LogP contribution in [-0.2, 0) is 16.7 Å². The summed E-state index contributed by atoms with van der Waals surface area (Å²) in [5, 5.41) is 9.08. The standard InChI is InChI=1S/C21H30N4OS.HI/c1-21(2,19-9-6-14-27-19)16-24-20(22-3)23-15-17-7-4-5-8-18(17)25-10-12-26-13-11-25;/h4-9,14H,10-13,15-16H2,1-3H3,(H2,22,23,24);1H. The van der Waals surface area contributed by atoms with Crippen molar-refractivity contribution in [3.63, 3.8) is 0 Å². The molecule has 0 radical (unpaired) electrons. The van der Waals surface area contributed by atoms with E-state index < -0.39 is 0 Å². The average molecular weight is 514 g/mol. The van der Waals surface area contributed by atoms with Crippen molar-refractivity contribution in [1.29, 1.82) is 0 Å². The van der Waals surface area contributed by atoms with Crippen LogP contribution in [0.3, 0.4) is 0 Å². The van der Waals surface area contributed by atoms with Crippen LogP contribution in [0, 0.1) is 0 Å². The SMILES string of the molecule is CN=C(NCc1ccccc1N1CCOCC1)NCC(C)(C)c1cccs1.I. The van der Waals surface area contributed by atoms with Crippen LogP contribution >= 0.6 is 35.3 Å². The van der Waals surface area contributed by atoms with Crippen molar-refractivity contribution in [1.82, 2.24) is 10.6 Å². The lowest BCUT2D eigenvalue weighted by Crippen LogP contribution is -2.43. The van der Waals surface area contributed by atoms with E-state index in [9.17, 15) is 0 Å². The summed E-state index contributed by atoms with van der Waals surface area (Å²) in [5.74, 6) is 0.830. The third-order valence-electron chi connectivity index (χ3n) is 4.90. The molecule has 2 aromatic rings. The summed E-state index contributed by atoms with van der Waals surface area (Å²) in [6, 6.07) is 12.9. The molecule has 1 aromatic carbocycles. The Hall–Kier alpha value is -1.32. The highest BCUT2D eigenvalue weighted by molar-refractivity contribution is 14.0. The normalized spacial score (nSPS) is 15.1. The van der Waals surface area contributed by atoms with Gasteiger partial charge in [-0.25, -0.2) is 0 Å².